The van der Waals surface area contributed by atoms with Gasteiger partial charge in [-0.05, 0) is 12.8 Å². The van der Waals surface area contributed by atoms with Crippen molar-refractivity contribution in [2.45, 2.75) is 12.8 Å². The number of ether oxygens (including phenoxy) is 1. The minimum Gasteiger partial charge on any atom is -0.394 e. The van der Waals surface area contributed by atoms with E-state index in [0.29, 0.717) is 0 Å². The van der Waals surface area contributed by atoms with Crippen LogP contribution in [0.25, 0.3) is 0 Å². The third-order valence-corrected chi connectivity index (χ3v) is 1.34. The Kier molecular flexibility index (Phi) is 12.4. The summed E-state index contributed by atoms with van der Waals surface area (Å²) in [5.74, 6) is 0. The van der Waals surface area contributed by atoms with E-state index in [2.05, 4.69) is 24.8 Å². The van der Waals surface area contributed by atoms with E-state index in [-0.39, 0.29) is 0 Å². The molecule has 0 aromatic carbocycles. The van der Waals surface area contributed by atoms with E-state index in [1.165, 1.54) is 29.2 Å². The number of rotatable bonds is 0. The summed E-state index contributed by atoms with van der Waals surface area (Å²) in [4.78, 5) is 3.66. The predicted molar refractivity (Wildman–Crippen MR) is 52.1 cm³/mol. The molecule has 0 amide bonds. The number of hydrogen-bond acceptors (Lipinski definition) is 2. The Hall–Kier alpha value is 0.213. The number of pyridine rings is 1. The Labute approximate surface area is 96.1 Å². The normalized spacial score (nSPS) is 13.5. The fraction of sp³-hybridized carbons (Fsp3) is 0.444. The fourth-order valence-electron chi connectivity index (χ4n) is 0.788. The minimum absolute atomic E-state index is 1.00. The van der Waals surface area contributed by atoms with Gasteiger partial charge in [-0.15, -0.1) is 0 Å². The van der Waals surface area contributed by atoms with Gasteiger partial charge in [0.25, 0.3) is 0 Å². The third-order valence-electron chi connectivity index (χ3n) is 1.34. The average Bonchev–Trinajstić information content (AvgIpc) is 2.82. The van der Waals surface area contributed by atoms with Gasteiger partial charge < -0.3 is 9.72 Å². The monoisotopic (exact) mass is 293 g/mol. The van der Waals surface area contributed by atoms with E-state index in [1.54, 1.807) is 12.3 Å². The van der Waals surface area contributed by atoms with Crippen molar-refractivity contribution in [3.63, 3.8) is 0 Å². The van der Waals surface area contributed by atoms with Crippen LogP contribution in [-0.2, 0) is 21.1 Å². The van der Waals surface area contributed by atoms with Gasteiger partial charge in [0.2, 0.25) is 0 Å². The number of hydrogen-bond donors (Lipinski definition) is 0. The zero-order valence-electron chi connectivity index (χ0n) is 7.58. The maximum absolute atomic E-state index is 4.94. The van der Waals surface area contributed by atoms with Crippen LogP contribution in [-0.4, -0.2) is 18.2 Å². The summed E-state index contributed by atoms with van der Waals surface area (Å²) in [6.45, 7) is 2.00. The summed E-state index contributed by atoms with van der Waals surface area (Å²) >= 11 is 4.25. The van der Waals surface area contributed by atoms with Gasteiger partial charge in [-0.2, -0.15) is 18.2 Å². The molecule has 0 atom stereocenters. The zero-order valence-corrected chi connectivity index (χ0v) is 12.1. The second-order valence-electron chi connectivity index (χ2n) is 2.28. The molecule has 1 aliphatic rings. The molecule has 1 fully saturated rings. The van der Waals surface area contributed by atoms with Crippen LogP contribution in [0.2, 0.25) is 0 Å². The molecule has 0 spiro atoms. The molecule has 0 bridgehead atoms. The van der Waals surface area contributed by atoms with Crippen LogP contribution in [0.15, 0.2) is 24.4 Å². The van der Waals surface area contributed by atoms with Gasteiger partial charge in [0.15, 0.2) is 0 Å². The summed E-state index contributed by atoms with van der Waals surface area (Å²) in [6.07, 6.45) is 6.89. The molecule has 1 aliphatic heterocycles. The molecule has 4 heteroatoms. The molecule has 2 nitrogen and oxygen atoms in total. The van der Waals surface area contributed by atoms with Crippen LogP contribution in [0.5, 0.6) is 0 Å². The molecule has 0 N–H and O–H groups in total. The van der Waals surface area contributed by atoms with Crippen LogP contribution in [0.4, 0.5) is 0 Å². The van der Waals surface area contributed by atoms with E-state index in [9.17, 15) is 0 Å². The van der Waals surface area contributed by atoms with Crippen molar-refractivity contribution in [3.05, 3.63) is 30.6 Å². The van der Waals surface area contributed by atoms with Gasteiger partial charge in [0.05, 0.1) is 0 Å². The largest absolute Gasteiger partial charge is 0.394 e. The maximum Gasteiger partial charge on any atom is -0.0813 e. The summed E-state index contributed by atoms with van der Waals surface area (Å²) in [5, 5.41) is 0. The minimum atomic E-state index is 1.00. The number of nitrogens with zero attached hydrogens (tertiary/aromatic N) is 1. The van der Waals surface area contributed by atoms with Gasteiger partial charge in [0, 0.05) is 13.2 Å². The molecule has 68 valence electrons. The first-order valence-electron chi connectivity index (χ1n) is 4.12. The van der Waals surface area contributed by atoms with Crippen LogP contribution >= 0.6 is 13.6 Å². The summed E-state index contributed by atoms with van der Waals surface area (Å²) in [7, 11) is 0. The molecule has 0 unspecified atom stereocenters. The smallest absolute Gasteiger partial charge is 0.0813 e. The van der Waals surface area contributed by atoms with Crippen LogP contribution in [0, 0.1) is 6.20 Å². The molecule has 0 radical (unpaired) electrons. The molecule has 1 saturated heterocycles. The van der Waals surface area contributed by atoms with E-state index >= 15 is 0 Å². The Balaban J connectivity index is 0.000000189. The van der Waals surface area contributed by atoms with Gasteiger partial charge in [-0.25, -0.2) is 0 Å². The first-order valence-corrected chi connectivity index (χ1v) is 11.1. The summed E-state index contributed by atoms with van der Waals surface area (Å²) in [6, 6.07) is 5.50. The number of aromatic nitrogens is 1. The topological polar surface area (TPSA) is 22.1 Å². The zero-order chi connectivity index (χ0) is 9.78. The summed E-state index contributed by atoms with van der Waals surface area (Å²) in [5.41, 5.74) is 0. The van der Waals surface area contributed by atoms with E-state index in [1.807, 2.05) is 12.1 Å². The quantitative estimate of drug-likeness (QED) is 0.542. The summed E-state index contributed by atoms with van der Waals surface area (Å²) < 4.78 is 4.94. The second kappa shape index (κ2) is 12.2. The van der Waals surface area contributed by atoms with Crippen molar-refractivity contribution in [1.29, 1.82) is 0 Å². The first kappa shape index (κ1) is 13.2. The predicted octanol–water partition coefficient (Wildman–Crippen LogP) is 2.52. The molecule has 13 heavy (non-hydrogen) atoms. The average molecular weight is 295 g/mol. The second-order valence-corrected chi connectivity index (χ2v) is 2.28. The first-order chi connectivity index (χ1) is 6.50. The van der Waals surface area contributed by atoms with Crippen LogP contribution < -0.4 is 0 Å². The van der Waals surface area contributed by atoms with Crippen molar-refractivity contribution in [2.24, 2.45) is 0 Å². The Morgan fingerprint density at radius 3 is 2.08 bits per heavy atom. The van der Waals surface area contributed by atoms with E-state index in [4.69, 9.17) is 4.74 Å². The SMILES string of the molecule is C1CCOC1.[Zn+][Br].[c-]1ccccn1. The molecular weight excluding hydrogens is 283 g/mol. The van der Waals surface area contributed by atoms with Crippen molar-refractivity contribution in [3.8, 4) is 0 Å². The van der Waals surface area contributed by atoms with Crippen LogP contribution in [0.3, 0.4) is 0 Å². The van der Waals surface area contributed by atoms with Crippen LogP contribution in [0.1, 0.15) is 12.8 Å². The number of halogens is 1. The van der Waals surface area contributed by atoms with Gasteiger partial charge >= 0.3 is 30.0 Å². The van der Waals surface area contributed by atoms with Crippen molar-refractivity contribution < 1.29 is 21.1 Å². The van der Waals surface area contributed by atoms with Crippen molar-refractivity contribution in [2.75, 3.05) is 13.2 Å². The third kappa shape index (κ3) is 10.1. The van der Waals surface area contributed by atoms with E-state index in [0.717, 1.165) is 13.2 Å². The Morgan fingerprint density at radius 2 is 1.92 bits per heavy atom. The Bertz CT molecular complexity index is 136. The molecule has 1 aromatic rings. The van der Waals surface area contributed by atoms with Gasteiger partial charge in [-0.3, -0.25) is 0 Å². The van der Waals surface area contributed by atoms with Gasteiger partial charge in [-0.1, -0.05) is 12.4 Å². The van der Waals surface area contributed by atoms with Crippen molar-refractivity contribution >= 4 is 13.6 Å². The standard InChI is InChI=1S/C5H4N.C4H8O.BrH.Zn/c1-2-4-6-5-3-1;1-2-4-5-3-1;;/h1-4H;1-4H2;1H;/q-1;;;+2/p-1. The molecule has 1 aromatic heterocycles. The Morgan fingerprint density at radius 1 is 1.23 bits per heavy atom. The molecule has 0 saturated carbocycles. The molecule has 0 aliphatic carbocycles. The maximum atomic E-state index is 4.94. The van der Waals surface area contributed by atoms with Gasteiger partial charge in [0.1, 0.15) is 0 Å². The molecule has 2 rings (SSSR count). The fourth-order valence-corrected chi connectivity index (χ4v) is 0.788. The van der Waals surface area contributed by atoms with E-state index < -0.39 is 0 Å². The van der Waals surface area contributed by atoms with Crippen molar-refractivity contribution in [1.82, 2.24) is 4.98 Å². The molecular formula is C9H12BrNOZn. The molecule has 2 heterocycles.